The lowest BCUT2D eigenvalue weighted by molar-refractivity contribution is 0.108. The van der Waals surface area contributed by atoms with Gasteiger partial charge in [-0.25, -0.2) is 4.40 Å². The first-order valence-corrected chi connectivity index (χ1v) is 12.6. The van der Waals surface area contributed by atoms with Crippen molar-refractivity contribution in [2.45, 2.75) is 58.9 Å². The fraction of sp³-hybridized carbons (Fsp3) is 0.640. The van der Waals surface area contributed by atoms with E-state index in [9.17, 15) is 0 Å². The molecule has 164 valence electrons. The summed E-state index contributed by atoms with van der Waals surface area (Å²) < 4.78 is 10.7. The van der Waals surface area contributed by atoms with Gasteiger partial charge < -0.3 is 14.5 Å². The van der Waals surface area contributed by atoms with Gasteiger partial charge in [0, 0.05) is 37.0 Å². The minimum atomic E-state index is 0.337. The quantitative estimate of drug-likeness (QED) is 0.552. The van der Waals surface area contributed by atoms with Gasteiger partial charge in [0.2, 0.25) is 0 Å². The molecule has 4 nitrogen and oxygen atoms in total. The third-order valence-corrected chi connectivity index (χ3v) is 7.35. The highest BCUT2D eigenvalue weighted by atomic mass is 32.2. The second-order valence-corrected chi connectivity index (χ2v) is 10.2. The second kappa shape index (κ2) is 10.2. The first-order chi connectivity index (χ1) is 14.6. The highest BCUT2D eigenvalue weighted by Gasteiger charge is 2.28. The van der Waals surface area contributed by atoms with E-state index < -0.39 is 0 Å². The van der Waals surface area contributed by atoms with E-state index in [4.69, 9.17) is 9.13 Å². The number of benzene rings is 1. The lowest BCUT2D eigenvalue weighted by Crippen LogP contribution is -2.46. The van der Waals surface area contributed by atoms with E-state index in [2.05, 4.69) is 60.9 Å². The van der Waals surface area contributed by atoms with Crippen molar-refractivity contribution >= 4 is 17.7 Å². The molecule has 0 N–H and O–H groups in total. The summed E-state index contributed by atoms with van der Waals surface area (Å²) in [5.74, 6) is 1.82. The Labute approximate surface area is 186 Å². The molecule has 0 saturated carbocycles. The molecule has 1 unspecified atom stereocenters. The molecule has 0 amide bonds. The molecule has 0 bridgehead atoms. The van der Waals surface area contributed by atoms with Gasteiger partial charge in [-0.05, 0) is 80.6 Å². The normalized spacial score (nSPS) is 24.0. The standard InChI is InChI=1S/C25H37N3OS/c1-19(2)18-29-23-9-7-21(8-10-23)25-20(3)17-24(30-26-25)28-15-11-22(12-16-28)27-13-5-4-6-14-27/h7-10,17,19-20,22H,4-6,11-16,18H2,1-3H3. The number of hydrogen-bond donors (Lipinski definition) is 0. The molecule has 1 aromatic rings. The number of likely N-dealkylation sites (tertiary alicyclic amines) is 2. The van der Waals surface area contributed by atoms with Crippen molar-refractivity contribution in [3.63, 3.8) is 0 Å². The topological polar surface area (TPSA) is 28.1 Å². The van der Waals surface area contributed by atoms with Crippen LogP contribution in [0.25, 0.3) is 0 Å². The highest BCUT2D eigenvalue weighted by Crippen LogP contribution is 2.34. The first-order valence-electron chi connectivity index (χ1n) is 11.8. The Bertz CT molecular complexity index is 744. The third kappa shape index (κ3) is 5.42. The molecule has 0 radical (unpaired) electrons. The minimum Gasteiger partial charge on any atom is -0.493 e. The summed E-state index contributed by atoms with van der Waals surface area (Å²) in [4.78, 5) is 5.31. The van der Waals surface area contributed by atoms with E-state index in [0.717, 1.165) is 18.4 Å². The summed E-state index contributed by atoms with van der Waals surface area (Å²) in [6.45, 7) is 12.3. The Hall–Kier alpha value is -1.46. The Morgan fingerprint density at radius 3 is 2.37 bits per heavy atom. The minimum absolute atomic E-state index is 0.337. The van der Waals surface area contributed by atoms with Gasteiger partial charge in [-0.2, -0.15) is 0 Å². The number of piperidine rings is 2. The molecule has 2 fully saturated rings. The summed E-state index contributed by atoms with van der Waals surface area (Å²) in [6, 6.07) is 9.23. The number of ether oxygens (including phenoxy) is 1. The molecule has 5 heteroatoms. The average molecular weight is 428 g/mol. The van der Waals surface area contributed by atoms with Gasteiger partial charge in [0.25, 0.3) is 0 Å². The summed E-state index contributed by atoms with van der Waals surface area (Å²) in [6.07, 6.45) is 9.20. The molecule has 4 rings (SSSR count). The molecule has 30 heavy (non-hydrogen) atoms. The van der Waals surface area contributed by atoms with Crippen molar-refractivity contribution in [2.24, 2.45) is 16.2 Å². The van der Waals surface area contributed by atoms with Crippen LogP contribution in [0.15, 0.2) is 39.8 Å². The van der Waals surface area contributed by atoms with E-state index in [1.807, 2.05) is 0 Å². The lowest BCUT2D eigenvalue weighted by atomic mass is 9.97. The SMILES string of the molecule is CC(C)COc1ccc(C2=NSC(N3CCC(N4CCCCC4)CC3)=CC2C)cc1. The molecule has 3 heterocycles. The monoisotopic (exact) mass is 427 g/mol. The van der Waals surface area contributed by atoms with Gasteiger partial charge in [0.1, 0.15) is 5.75 Å². The Kier molecular flexibility index (Phi) is 7.42. The predicted molar refractivity (Wildman–Crippen MR) is 128 cm³/mol. The zero-order chi connectivity index (χ0) is 20.9. The maximum Gasteiger partial charge on any atom is 0.119 e. The van der Waals surface area contributed by atoms with Gasteiger partial charge >= 0.3 is 0 Å². The van der Waals surface area contributed by atoms with Gasteiger partial charge in [-0.3, -0.25) is 0 Å². The predicted octanol–water partition coefficient (Wildman–Crippen LogP) is 5.60. The maximum atomic E-state index is 5.82. The van der Waals surface area contributed by atoms with Crippen LogP contribution in [-0.4, -0.2) is 54.3 Å². The van der Waals surface area contributed by atoms with Gasteiger partial charge in [0.05, 0.1) is 17.3 Å². The third-order valence-electron chi connectivity index (χ3n) is 6.48. The first kappa shape index (κ1) is 21.8. The van der Waals surface area contributed by atoms with Crippen molar-refractivity contribution in [1.82, 2.24) is 9.80 Å². The summed E-state index contributed by atoms with van der Waals surface area (Å²) >= 11 is 1.66. The molecular weight excluding hydrogens is 390 g/mol. The van der Waals surface area contributed by atoms with Crippen LogP contribution in [0.3, 0.4) is 0 Å². The van der Waals surface area contributed by atoms with Crippen molar-refractivity contribution in [3.8, 4) is 5.75 Å². The van der Waals surface area contributed by atoms with E-state index >= 15 is 0 Å². The number of rotatable bonds is 6. The van der Waals surface area contributed by atoms with E-state index in [0.29, 0.717) is 11.8 Å². The average Bonchev–Trinajstić information content (AvgIpc) is 2.79. The van der Waals surface area contributed by atoms with Crippen LogP contribution >= 0.6 is 11.9 Å². The largest absolute Gasteiger partial charge is 0.493 e. The van der Waals surface area contributed by atoms with Crippen molar-refractivity contribution < 1.29 is 4.74 Å². The summed E-state index contributed by atoms with van der Waals surface area (Å²) in [5, 5.41) is 1.35. The Balaban J connectivity index is 1.31. The lowest BCUT2D eigenvalue weighted by Gasteiger charge is -2.41. The molecule has 0 aromatic heterocycles. The van der Waals surface area contributed by atoms with Crippen LogP contribution in [0, 0.1) is 11.8 Å². The van der Waals surface area contributed by atoms with Crippen molar-refractivity contribution in [3.05, 3.63) is 40.9 Å². The smallest absolute Gasteiger partial charge is 0.119 e. The number of hydrogen-bond acceptors (Lipinski definition) is 5. The van der Waals surface area contributed by atoms with Crippen molar-refractivity contribution in [2.75, 3.05) is 32.8 Å². The van der Waals surface area contributed by atoms with Crippen LogP contribution in [0.2, 0.25) is 0 Å². The Morgan fingerprint density at radius 1 is 1.03 bits per heavy atom. The van der Waals surface area contributed by atoms with Crippen LogP contribution in [0.5, 0.6) is 5.75 Å². The second-order valence-electron chi connectivity index (χ2n) is 9.41. The molecule has 3 aliphatic rings. The molecular formula is C25H37N3OS. The van der Waals surface area contributed by atoms with Crippen LogP contribution in [0.1, 0.15) is 58.4 Å². The fourth-order valence-corrected chi connectivity index (χ4v) is 5.73. The Morgan fingerprint density at radius 2 is 1.73 bits per heavy atom. The fourth-order valence-electron chi connectivity index (χ4n) is 4.70. The number of allylic oxidation sites excluding steroid dienone is 1. The van der Waals surface area contributed by atoms with Crippen LogP contribution < -0.4 is 4.74 Å². The van der Waals surface area contributed by atoms with E-state index in [-0.39, 0.29) is 0 Å². The molecule has 1 aromatic carbocycles. The molecule has 1 atom stereocenters. The molecule has 0 spiro atoms. The van der Waals surface area contributed by atoms with E-state index in [1.165, 1.54) is 74.6 Å². The van der Waals surface area contributed by atoms with E-state index in [1.54, 1.807) is 11.9 Å². The van der Waals surface area contributed by atoms with Crippen LogP contribution in [0.4, 0.5) is 0 Å². The van der Waals surface area contributed by atoms with Crippen molar-refractivity contribution in [1.29, 1.82) is 0 Å². The summed E-state index contributed by atoms with van der Waals surface area (Å²) in [5.41, 5.74) is 2.37. The highest BCUT2D eigenvalue weighted by molar-refractivity contribution is 8.02. The van der Waals surface area contributed by atoms with Gasteiger partial charge in [0.15, 0.2) is 0 Å². The van der Waals surface area contributed by atoms with Gasteiger partial charge in [-0.1, -0.05) is 27.2 Å². The molecule has 2 saturated heterocycles. The van der Waals surface area contributed by atoms with Gasteiger partial charge in [-0.15, -0.1) is 0 Å². The molecule has 3 aliphatic heterocycles. The zero-order valence-electron chi connectivity index (χ0n) is 18.8. The number of nitrogens with zero attached hydrogens (tertiary/aromatic N) is 3. The maximum absolute atomic E-state index is 5.82. The zero-order valence-corrected chi connectivity index (χ0v) is 19.7. The summed E-state index contributed by atoms with van der Waals surface area (Å²) in [7, 11) is 0. The van der Waals surface area contributed by atoms with Crippen LogP contribution in [-0.2, 0) is 0 Å². The molecule has 0 aliphatic carbocycles.